The molecule has 2 aromatic heterocycles. The number of rotatable bonds is 5. The molecule has 0 spiro atoms. The Morgan fingerprint density at radius 1 is 1.06 bits per heavy atom. The molecule has 2 aliphatic rings. The van der Waals surface area contributed by atoms with Crippen molar-refractivity contribution in [3.63, 3.8) is 0 Å². The van der Waals surface area contributed by atoms with E-state index in [1.165, 1.54) is 29.0 Å². The third kappa shape index (κ3) is 4.54. The molecule has 11 heteroatoms. The Balaban J connectivity index is 1.33. The molecule has 3 aromatic rings. The summed E-state index contributed by atoms with van der Waals surface area (Å²) in [5.41, 5.74) is 1.76. The quantitative estimate of drug-likeness (QED) is 0.565. The van der Waals surface area contributed by atoms with Gasteiger partial charge in [-0.1, -0.05) is 12.1 Å². The summed E-state index contributed by atoms with van der Waals surface area (Å²) in [6, 6.07) is 4.08. The number of alkyl halides is 3. The van der Waals surface area contributed by atoms with Crippen molar-refractivity contribution >= 4 is 33.3 Å². The van der Waals surface area contributed by atoms with Gasteiger partial charge in [-0.15, -0.1) is 24.5 Å². The second-order valence-electron chi connectivity index (χ2n) is 8.47. The number of nitrogens with zero attached hydrogens (tertiary/aromatic N) is 4. The fourth-order valence-corrected chi connectivity index (χ4v) is 6.09. The van der Waals surface area contributed by atoms with Crippen molar-refractivity contribution < 1.29 is 27.8 Å². The summed E-state index contributed by atoms with van der Waals surface area (Å²) in [7, 11) is 0. The van der Waals surface area contributed by atoms with E-state index < -0.39 is 18.4 Å². The molecule has 1 aromatic carbocycles. The van der Waals surface area contributed by atoms with Gasteiger partial charge in [-0.05, 0) is 48.9 Å². The lowest BCUT2D eigenvalue weighted by atomic mass is 9.97. The molecule has 1 saturated heterocycles. The molecule has 34 heavy (non-hydrogen) atoms. The van der Waals surface area contributed by atoms with Gasteiger partial charge in [0.1, 0.15) is 28.8 Å². The molecule has 1 fully saturated rings. The van der Waals surface area contributed by atoms with Gasteiger partial charge in [-0.2, -0.15) is 0 Å². The molecule has 0 radical (unpaired) electrons. The number of ether oxygens (including phenoxy) is 1. The number of hydrogen-bond donors (Lipinski definition) is 1. The third-order valence-corrected chi connectivity index (χ3v) is 7.57. The highest BCUT2D eigenvalue weighted by Crippen LogP contribution is 2.39. The van der Waals surface area contributed by atoms with E-state index in [0.717, 1.165) is 47.4 Å². The number of aromatic nitrogens is 2. The van der Waals surface area contributed by atoms with Crippen molar-refractivity contribution in [2.75, 3.05) is 31.1 Å². The van der Waals surface area contributed by atoms with Gasteiger partial charge in [0.2, 0.25) is 0 Å². The average Bonchev–Trinajstić information content (AvgIpc) is 3.19. The minimum absolute atomic E-state index is 0.378. The summed E-state index contributed by atoms with van der Waals surface area (Å²) in [5.74, 6) is -0.518. The minimum atomic E-state index is -4.79. The van der Waals surface area contributed by atoms with Crippen LogP contribution in [0.3, 0.4) is 0 Å². The van der Waals surface area contributed by atoms with E-state index in [1.54, 1.807) is 17.7 Å². The van der Waals surface area contributed by atoms with Gasteiger partial charge in [0, 0.05) is 31.1 Å². The van der Waals surface area contributed by atoms with Crippen LogP contribution in [0.1, 0.15) is 34.9 Å². The van der Waals surface area contributed by atoms with Crippen molar-refractivity contribution in [3.05, 3.63) is 46.6 Å². The maximum absolute atomic E-state index is 12.4. The smallest absolute Gasteiger partial charge is 0.480 e. The van der Waals surface area contributed by atoms with Gasteiger partial charge in [-0.3, -0.25) is 9.69 Å². The molecule has 0 bridgehead atoms. The lowest BCUT2D eigenvalue weighted by Gasteiger charge is -2.38. The molecule has 5 rings (SSSR count). The Morgan fingerprint density at radius 2 is 1.76 bits per heavy atom. The van der Waals surface area contributed by atoms with E-state index in [1.807, 2.05) is 4.90 Å². The molecular weight excluding hydrogens is 469 g/mol. The second kappa shape index (κ2) is 9.03. The van der Waals surface area contributed by atoms with Crippen molar-refractivity contribution in [1.29, 1.82) is 0 Å². The van der Waals surface area contributed by atoms with E-state index in [4.69, 9.17) is 0 Å². The SMILES string of the molecule is O=C(O)C(c1ccc(OC(F)(F)F)cc1)N1CCN(c2ncnc3sc4c(c23)CCCC4)CC1. The molecule has 1 atom stereocenters. The standard InChI is InChI=1S/C23H23F3N4O3S/c24-23(25,26)33-15-7-5-14(6-8-15)19(22(31)32)29-9-11-30(12-10-29)20-18-16-3-1-2-4-17(16)34-21(18)28-13-27-20/h5-8,13,19H,1-4,9-12H2,(H,31,32). The van der Waals surface area contributed by atoms with Crippen LogP contribution in [0.5, 0.6) is 5.75 Å². The molecule has 1 unspecified atom stereocenters. The summed E-state index contributed by atoms with van der Waals surface area (Å²) in [6.45, 7) is 2.15. The molecule has 180 valence electrons. The number of aliphatic carboxylic acids is 1. The van der Waals surface area contributed by atoms with Crippen LogP contribution in [0.25, 0.3) is 10.2 Å². The highest BCUT2D eigenvalue weighted by atomic mass is 32.1. The third-order valence-electron chi connectivity index (χ3n) is 6.37. The number of anilines is 1. The number of aryl methyl sites for hydroxylation is 2. The monoisotopic (exact) mass is 492 g/mol. The van der Waals surface area contributed by atoms with Crippen LogP contribution in [-0.4, -0.2) is 58.5 Å². The number of carbonyl (C=O) groups is 1. The van der Waals surface area contributed by atoms with Gasteiger partial charge < -0.3 is 14.7 Å². The average molecular weight is 493 g/mol. The van der Waals surface area contributed by atoms with Crippen LogP contribution >= 0.6 is 11.3 Å². The van der Waals surface area contributed by atoms with E-state index in [0.29, 0.717) is 31.7 Å². The van der Waals surface area contributed by atoms with Crippen LogP contribution in [0.4, 0.5) is 19.0 Å². The number of carboxylic acids is 1. The molecular formula is C23H23F3N4O3S. The summed E-state index contributed by atoms with van der Waals surface area (Å²) < 4.78 is 41.2. The van der Waals surface area contributed by atoms with Crippen molar-refractivity contribution in [2.24, 2.45) is 0 Å². The number of thiophene rings is 1. The molecule has 0 saturated carbocycles. The first-order valence-electron chi connectivity index (χ1n) is 11.1. The Kier molecular flexibility index (Phi) is 6.07. The number of fused-ring (bicyclic) bond motifs is 3. The summed E-state index contributed by atoms with van der Waals surface area (Å²) in [6.07, 6.45) is 1.27. The lowest BCUT2D eigenvalue weighted by molar-refractivity contribution is -0.274. The largest absolute Gasteiger partial charge is 0.573 e. The maximum Gasteiger partial charge on any atom is 0.573 e. The topological polar surface area (TPSA) is 78.8 Å². The van der Waals surface area contributed by atoms with Crippen LogP contribution in [0.2, 0.25) is 0 Å². The minimum Gasteiger partial charge on any atom is -0.480 e. The molecule has 1 aliphatic carbocycles. The lowest BCUT2D eigenvalue weighted by Crippen LogP contribution is -2.49. The highest BCUT2D eigenvalue weighted by molar-refractivity contribution is 7.19. The predicted molar refractivity (Wildman–Crippen MR) is 121 cm³/mol. The number of halogens is 3. The van der Waals surface area contributed by atoms with Crippen molar-refractivity contribution in [1.82, 2.24) is 14.9 Å². The van der Waals surface area contributed by atoms with Gasteiger partial charge in [-0.25, -0.2) is 9.97 Å². The fraction of sp³-hybridized carbons (Fsp3) is 0.435. The Bertz CT molecular complexity index is 1190. The summed E-state index contributed by atoms with van der Waals surface area (Å²) >= 11 is 1.74. The first-order chi connectivity index (χ1) is 16.3. The summed E-state index contributed by atoms with van der Waals surface area (Å²) in [4.78, 5) is 27.6. The predicted octanol–water partition coefficient (Wildman–Crippen LogP) is 4.42. The van der Waals surface area contributed by atoms with Crippen LogP contribution in [0.15, 0.2) is 30.6 Å². The normalized spacial score (nSPS) is 18.0. The summed E-state index contributed by atoms with van der Waals surface area (Å²) in [5, 5.41) is 11.0. The Hall–Kier alpha value is -2.92. The number of benzene rings is 1. The number of piperazine rings is 1. The Morgan fingerprint density at radius 3 is 2.44 bits per heavy atom. The highest BCUT2D eigenvalue weighted by Gasteiger charge is 2.33. The van der Waals surface area contributed by atoms with Gasteiger partial charge >= 0.3 is 12.3 Å². The van der Waals surface area contributed by atoms with Crippen molar-refractivity contribution in [2.45, 2.75) is 38.1 Å². The number of carboxylic acid groups (broad SMARTS) is 1. The second-order valence-corrected chi connectivity index (χ2v) is 9.55. The molecule has 1 aliphatic heterocycles. The molecule has 1 N–H and O–H groups in total. The van der Waals surface area contributed by atoms with E-state index in [-0.39, 0.29) is 5.75 Å². The zero-order valence-electron chi connectivity index (χ0n) is 18.2. The maximum atomic E-state index is 12.4. The molecule has 0 amide bonds. The van der Waals surface area contributed by atoms with Gasteiger partial charge in [0.15, 0.2) is 0 Å². The zero-order valence-corrected chi connectivity index (χ0v) is 19.0. The van der Waals surface area contributed by atoms with Gasteiger partial charge in [0.05, 0.1) is 5.39 Å². The fourth-order valence-electron chi connectivity index (χ4n) is 4.87. The van der Waals surface area contributed by atoms with Gasteiger partial charge in [0.25, 0.3) is 0 Å². The molecule has 7 nitrogen and oxygen atoms in total. The Labute approximate surface area is 197 Å². The van der Waals surface area contributed by atoms with Crippen LogP contribution in [-0.2, 0) is 17.6 Å². The first kappa shape index (κ1) is 22.9. The van der Waals surface area contributed by atoms with Crippen molar-refractivity contribution in [3.8, 4) is 5.75 Å². The van der Waals surface area contributed by atoms with E-state index in [9.17, 15) is 23.1 Å². The molecule has 3 heterocycles. The van der Waals surface area contributed by atoms with E-state index >= 15 is 0 Å². The van der Waals surface area contributed by atoms with Crippen LogP contribution < -0.4 is 9.64 Å². The zero-order chi connectivity index (χ0) is 23.9. The first-order valence-corrected chi connectivity index (χ1v) is 11.9. The van der Waals surface area contributed by atoms with E-state index in [2.05, 4.69) is 19.6 Å². The number of hydrogen-bond acceptors (Lipinski definition) is 7. The van der Waals surface area contributed by atoms with Crippen LogP contribution in [0, 0.1) is 0 Å².